The quantitative estimate of drug-likeness (QED) is 0.874. The molecule has 1 aromatic heterocycles. The van der Waals surface area contributed by atoms with Crippen LogP contribution in [0, 0.1) is 0 Å². The summed E-state index contributed by atoms with van der Waals surface area (Å²) >= 11 is 0. The minimum atomic E-state index is 0.453. The number of anilines is 1. The molecule has 0 spiro atoms. The van der Waals surface area contributed by atoms with Gasteiger partial charge >= 0.3 is 0 Å². The number of likely N-dealkylation sites (tertiary alicyclic amines) is 1. The van der Waals surface area contributed by atoms with Gasteiger partial charge in [0.1, 0.15) is 17.4 Å². The minimum Gasteiger partial charge on any atom is -0.497 e. The van der Waals surface area contributed by atoms with E-state index >= 15 is 0 Å². The number of methoxy groups -OCH3 is 1. The van der Waals surface area contributed by atoms with Crippen LogP contribution in [0.2, 0.25) is 0 Å². The highest BCUT2D eigenvalue weighted by Gasteiger charge is 2.27. The molecular formula is C20H26N4O. The normalized spacial score (nSPS) is 21.1. The molecule has 1 aliphatic carbocycles. The van der Waals surface area contributed by atoms with Crippen molar-refractivity contribution in [2.24, 2.45) is 0 Å². The second-order valence-electron chi connectivity index (χ2n) is 7.14. The fourth-order valence-electron chi connectivity index (χ4n) is 3.51. The molecule has 1 aliphatic heterocycles. The molecular weight excluding hydrogens is 312 g/mol. The number of nitrogens with one attached hydrogen (secondary N) is 1. The number of hydrogen-bond acceptors (Lipinski definition) is 5. The van der Waals surface area contributed by atoms with Crippen molar-refractivity contribution >= 4 is 5.82 Å². The van der Waals surface area contributed by atoms with Crippen molar-refractivity contribution in [3.8, 4) is 5.75 Å². The smallest absolute Gasteiger partial charge is 0.133 e. The van der Waals surface area contributed by atoms with E-state index in [1.54, 1.807) is 7.11 Å². The average molecular weight is 338 g/mol. The molecule has 1 aromatic carbocycles. The van der Waals surface area contributed by atoms with Crippen LogP contribution in [-0.4, -0.2) is 41.1 Å². The summed E-state index contributed by atoms with van der Waals surface area (Å²) in [7, 11) is 1.71. The fourth-order valence-corrected chi connectivity index (χ4v) is 3.51. The maximum absolute atomic E-state index is 5.24. The summed E-state index contributed by atoms with van der Waals surface area (Å²) in [5.74, 6) is 3.50. The van der Waals surface area contributed by atoms with Crippen LogP contribution in [0.15, 0.2) is 36.5 Å². The van der Waals surface area contributed by atoms with Gasteiger partial charge in [0.25, 0.3) is 0 Å². The summed E-state index contributed by atoms with van der Waals surface area (Å²) in [5, 5.41) is 3.63. The minimum absolute atomic E-state index is 0.453. The number of nitrogens with zero attached hydrogens (tertiary/aromatic N) is 3. The topological polar surface area (TPSA) is 50.3 Å². The van der Waals surface area contributed by atoms with Gasteiger partial charge in [0, 0.05) is 31.2 Å². The maximum Gasteiger partial charge on any atom is 0.133 e. The molecule has 1 saturated heterocycles. The Hall–Kier alpha value is -2.14. The fraction of sp³-hybridized carbons (Fsp3) is 0.500. The lowest BCUT2D eigenvalue weighted by molar-refractivity contribution is 0.208. The standard InChI is InChI=1S/C20H26N4O/c1-25-18-8-4-15(5-9-18)13-24-12-2-3-17(14-24)22-19-10-11-21-20(23-19)16-6-7-16/h4-5,8-11,16-17H,2-3,6-7,12-14H2,1H3,(H,21,22,23). The van der Waals surface area contributed by atoms with Crippen LogP contribution in [0.1, 0.15) is 43.0 Å². The molecule has 5 nitrogen and oxygen atoms in total. The van der Waals surface area contributed by atoms with Crippen LogP contribution >= 0.6 is 0 Å². The maximum atomic E-state index is 5.24. The van der Waals surface area contributed by atoms with E-state index in [9.17, 15) is 0 Å². The van der Waals surface area contributed by atoms with E-state index in [4.69, 9.17) is 9.72 Å². The second kappa shape index (κ2) is 7.40. The summed E-state index contributed by atoms with van der Waals surface area (Å²) in [6.07, 6.45) is 6.78. The van der Waals surface area contributed by atoms with Crippen molar-refractivity contribution in [3.05, 3.63) is 47.9 Å². The van der Waals surface area contributed by atoms with E-state index < -0.39 is 0 Å². The van der Waals surface area contributed by atoms with Crippen LogP contribution in [-0.2, 0) is 6.54 Å². The Labute approximate surface area is 149 Å². The molecule has 0 amide bonds. The van der Waals surface area contributed by atoms with E-state index in [0.29, 0.717) is 12.0 Å². The van der Waals surface area contributed by atoms with Crippen LogP contribution < -0.4 is 10.1 Å². The number of rotatable bonds is 6. The first-order chi connectivity index (χ1) is 12.3. The Kier molecular flexibility index (Phi) is 4.83. The van der Waals surface area contributed by atoms with Crippen LogP contribution in [0.25, 0.3) is 0 Å². The molecule has 1 unspecified atom stereocenters. The monoisotopic (exact) mass is 338 g/mol. The predicted octanol–water partition coefficient (Wildman–Crippen LogP) is 3.44. The van der Waals surface area contributed by atoms with E-state index in [0.717, 1.165) is 37.0 Å². The van der Waals surface area contributed by atoms with Gasteiger partial charge < -0.3 is 10.1 Å². The van der Waals surface area contributed by atoms with E-state index in [-0.39, 0.29) is 0 Å². The number of ether oxygens (including phenoxy) is 1. The Morgan fingerprint density at radius 3 is 2.76 bits per heavy atom. The van der Waals surface area contributed by atoms with Gasteiger partial charge in [0.05, 0.1) is 7.11 Å². The predicted molar refractivity (Wildman–Crippen MR) is 98.9 cm³/mol. The largest absolute Gasteiger partial charge is 0.497 e. The third kappa shape index (κ3) is 4.28. The number of piperidine rings is 1. The Morgan fingerprint density at radius 1 is 1.16 bits per heavy atom. The van der Waals surface area contributed by atoms with Crippen LogP contribution in [0.5, 0.6) is 5.75 Å². The molecule has 2 aromatic rings. The van der Waals surface area contributed by atoms with Crippen molar-refractivity contribution < 1.29 is 4.74 Å². The number of hydrogen-bond donors (Lipinski definition) is 1. The summed E-state index contributed by atoms with van der Waals surface area (Å²) in [6.45, 7) is 3.19. The molecule has 2 aliphatic rings. The summed E-state index contributed by atoms with van der Waals surface area (Å²) in [6, 6.07) is 10.8. The lowest BCUT2D eigenvalue weighted by Gasteiger charge is -2.33. The molecule has 5 heteroatoms. The molecule has 132 valence electrons. The van der Waals surface area contributed by atoms with Crippen molar-refractivity contribution in [2.75, 3.05) is 25.5 Å². The first kappa shape index (κ1) is 16.3. The highest BCUT2D eigenvalue weighted by molar-refractivity contribution is 5.35. The Balaban J connectivity index is 1.34. The average Bonchev–Trinajstić information content (AvgIpc) is 3.48. The van der Waals surface area contributed by atoms with Gasteiger partial charge in [-0.2, -0.15) is 0 Å². The van der Waals surface area contributed by atoms with Crippen molar-refractivity contribution in [2.45, 2.75) is 44.2 Å². The van der Waals surface area contributed by atoms with Crippen LogP contribution in [0.4, 0.5) is 5.82 Å². The lowest BCUT2D eigenvalue weighted by atomic mass is 10.0. The van der Waals surface area contributed by atoms with Gasteiger partial charge in [-0.15, -0.1) is 0 Å². The summed E-state index contributed by atoms with van der Waals surface area (Å²) in [5.41, 5.74) is 1.33. The molecule has 0 radical (unpaired) electrons. The number of aromatic nitrogens is 2. The molecule has 4 rings (SSSR count). The third-order valence-corrected chi connectivity index (χ3v) is 5.04. The summed E-state index contributed by atoms with van der Waals surface area (Å²) < 4.78 is 5.24. The first-order valence-electron chi connectivity index (χ1n) is 9.25. The van der Waals surface area contributed by atoms with Gasteiger partial charge in [-0.25, -0.2) is 9.97 Å². The molecule has 1 saturated carbocycles. The van der Waals surface area contributed by atoms with Gasteiger partial charge in [-0.3, -0.25) is 4.90 Å². The first-order valence-corrected chi connectivity index (χ1v) is 9.25. The van der Waals surface area contributed by atoms with E-state index in [2.05, 4.69) is 27.3 Å². The molecule has 2 fully saturated rings. The molecule has 0 bridgehead atoms. The third-order valence-electron chi connectivity index (χ3n) is 5.04. The van der Waals surface area contributed by atoms with Crippen molar-refractivity contribution in [3.63, 3.8) is 0 Å². The second-order valence-corrected chi connectivity index (χ2v) is 7.14. The van der Waals surface area contributed by atoms with Gasteiger partial charge in [0.2, 0.25) is 0 Å². The summed E-state index contributed by atoms with van der Waals surface area (Å²) in [4.78, 5) is 11.6. The van der Waals surface area contributed by atoms with E-state index in [1.165, 1.54) is 31.2 Å². The van der Waals surface area contributed by atoms with E-state index in [1.807, 2.05) is 24.4 Å². The zero-order chi connectivity index (χ0) is 17.1. The molecule has 2 heterocycles. The Bertz CT molecular complexity index is 699. The molecule has 25 heavy (non-hydrogen) atoms. The number of benzene rings is 1. The zero-order valence-corrected chi connectivity index (χ0v) is 14.8. The van der Waals surface area contributed by atoms with Gasteiger partial charge in [-0.05, 0) is 56.0 Å². The Morgan fingerprint density at radius 2 is 2.00 bits per heavy atom. The van der Waals surface area contributed by atoms with Gasteiger partial charge in [0.15, 0.2) is 0 Å². The van der Waals surface area contributed by atoms with Gasteiger partial charge in [-0.1, -0.05) is 12.1 Å². The van der Waals surface area contributed by atoms with Crippen molar-refractivity contribution in [1.29, 1.82) is 0 Å². The molecule has 1 atom stereocenters. The highest BCUT2D eigenvalue weighted by atomic mass is 16.5. The molecule has 1 N–H and O–H groups in total. The van der Waals surface area contributed by atoms with Crippen molar-refractivity contribution in [1.82, 2.24) is 14.9 Å². The lowest BCUT2D eigenvalue weighted by Crippen LogP contribution is -2.41. The van der Waals surface area contributed by atoms with Crippen LogP contribution in [0.3, 0.4) is 0 Å². The zero-order valence-electron chi connectivity index (χ0n) is 14.8. The SMILES string of the molecule is COc1ccc(CN2CCCC(Nc3ccnc(C4CC4)n3)C2)cc1. The highest BCUT2D eigenvalue weighted by Crippen LogP contribution is 2.38.